The maximum absolute atomic E-state index is 12.3. The molecular formula is C17H21NO3. The Morgan fingerprint density at radius 3 is 2.62 bits per heavy atom. The lowest BCUT2D eigenvalue weighted by atomic mass is 10.0. The lowest BCUT2D eigenvalue weighted by Gasteiger charge is -2.12. The molecule has 1 aromatic rings. The molecule has 4 nitrogen and oxygen atoms in total. The maximum Gasteiger partial charge on any atom is 0.306 e. The van der Waals surface area contributed by atoms with Crippen molar-refractivity contribution in [1.82, 2.24) is 5.32 Å². The van der Waals surface area contributed by atoms with Gasteiger partial charge in [0, 0.05) is 12.0 Å². The van der Waals surface area contributed by atoms with Crippen LogP contribution in [0, 0.1) is 18.8 Å². The fraction of sp³-hybridized carbons (Fsp3) is 0.529. The molecule has 1 aromatic carbocycles. The van der Waals surface area contributed by atoms with E-state index in [-0.39, 0.29) is 23.8 Å². The van der Waals surface area contributed by atoms with Crippen LogP contribution in [0.1, 0.15) is 42.7 Å². The van der Waals surface area contributed by atoms with Crippen molar-refractivity contribution in [2.45, 2.75) is 44.6 Å². The van der Waals surface area contributed by atoms with Crippen molar-refractivity contribution < 1.29 is 14.7 Å². The second kappa shape index (κ2) is 5.51. The molecule has 4 heteroatoms. The standard InChI is InChI=1S/C17H21NO3/c1-10-4-2-3-5-13(10)14-9-15(14)16(19)18-12-7-6-11(8-12)17(20)21/h2-5,11-12,14-15H,6-9H2,1H3,(H,18,19)(H,20,21). The molecule has 0 aliphatic heterocycles. The minimum Gasteiger partial charge on any atom is -0.481 e. The van der Waals surface area contributed by atoms with Gasteiger partial charge >= 0.3 is 5.97 Å². The Hall–Kier alpha value is -1.84. The van der Waals surface area contributed by atoms with Crippen LogP contribution < -0.4 is 5.32 Å². The quantitative estimate of drug-likeness (QED) is 0.894. The molecule has 3 rings (SSSR count). The van der Waals surface area contributed by atoms with E-state index in [2.05, 4.69) is 24.4 Å². The summed E-state index contributed by atoms with van der Waals surface area (Å²) in [6, 6.07) is 8.25. The van der Waals surface area contributed by atoms with Gasteiger partial charge in [0.15, 0.2) is 0 Å². The van der Waals surface area contributed by atoms with Gasteiger partial charge in [-0.2, -0.15) is 0 Å². The Morgan fingerprint density at radius 1 is 1.19 bits per heavy atom. The second-order valence-electron chi connectivity index (χ2n) is 6.36. The smallest absolute Gasteiger partial charge is 0.306 e. The summed E-state index contributed by atoms with van der Waals surface area (Å²) < 4.78 is 0. The summed E-state index contributed by atoms with van der Waals surface area (Å²) in [5.41, 5.74) is 2.51. The fourth-order valence-electron chi connectivity index (χ4n) is 3.48. The Balaban J connectivity index is 1.54. The maximum atomic E-state index is 12.3. The topological polar surface area (TPSA) is 66.4 Å². The van der Waals surface area contributed by atoms with Crippen molar-refractivity contribution in [2.75, 3.05) is 0 Å². The van der Waals surface area contributed by atoms with Crippen molar-refractivity contribution in [2.24, 2.45) is 11.8 Å². The number of carboxylic acid groups (broad SMARTS) is 1. The van der Waals surface area contributed by atoms with Crippen LogP contribution in [0.2, 0.25) is 0 Å². The van der Waals surface area contributed by atoms with Crippen LogP contribution in [0.25, 0.3) is 0 Å². The molecule has 2 N–H and O–H groups in total. The molecule has 4 unspecified atom stereocenters. The predicted octanol–water partition coefficient (Wildman–Crippen LogP) is 2.47. The number of aryl methyl sites for hydroxylation is 1. The highest BCUT2D eigenvalue weighted by Gasteiger charge is 2.45. The molecule has 0 saturated heterocycles. The number of carboxylic acids is 1. The minimum atomic E-state index is -0.740. The normalized spacial score (nSPS) is 30.9. The van der Waals surface area contributed by atoms with Crippen LogP contribution in [0.5, 0.6) is 0 Å². The van der Waals surface area contributed by atoms with Crippen molar-refractivity contribution in [3.8, 4) is 0 Å². The van der Waals surface area contributed by atoms with Gasteiger partial charge < -0.3 is 10.4 Å². The van der Waals surface area contributed by atoms with E-state index in [1.165, 1.54) is 11.1 Å². The van der Waals surface area contributed by atoms with Crippen LogP contribution in [0.15, 0.2) is 24.3 Å². The van der Waals surface area contributed by atoms with Crippen LogP contribution in [0.4, 0.5) is 0 Å². The summed E-state index contributed by atoms with van der Waals surface area (Å²) >= 11 is 0. The molecule has 2 aliphatic carbocycles. The third-order valence-corrected chi connectivity index (χ3v) is 4.84. The van der Waals surface area contributed by atoms with Gasteiger partial charge in [0.1, 0.15) is 0 Å². The Kier molecular flexibility index (Phi) is 3.70. The van der Waals surface area contributed by atoms with Crippen LogP contribution >= 0.6 is 0 Å². The molecule has 2 aliphatic rings. The minimum absolute atomic E-state index is 0.0386. The number of aliphatic carboxylic acids is 1. The zero-order valence-corrected chi connectivity index (χ0v) is 12.2. The summed E-state index contributed by atoms with van der Waals surface area (Å²) in [5, 5.41) is 12.0. The van der Waals surface area contributed by atoms with Crippen LogP contribution in [0.3, 0.4) is 0 Å². The first kappa shape index (κ1) is 14.1. The first-order chi connectivity index (χ1) is 10.1. The van der Waals surface area contributed by atoms with Gasteiger partial charge in [-0.25, -0.2) is 0 Å². The largest absolute Gasteiger partial charge is 0.481 e. The summed E-state index contributed by atoms with van der Waals surface area (Å²) in [5.74, 6) is -0.533. The number of carbonyl (C=O) groups excluding carboxylic acids is 1. The fourth-order valence-corrected chi connectivity index (χ4v) is 3.48. The number of rotatable bonds is 4. The Labute approximate surface area is 124 Å². The van der Waals surface area contributed by atoms with Gasteiger partial charge in [0.25, 0.3) is 0 Å². The molecule has 21 heavy (non-hydrogen) atoms. The van der Waals surface area contributed by atoms with Crippen LogP contribution in [-0.2, 0) is 9.59 Å². The number of amides is 1. The van der Waals surface area contributed by atoms with E-state index < -0.39 is 5.97 Å². The highest BCUT2D eigenvalue weighted by Crippen LogP contribution is 2.48. The number of hydrogen-bond acceptors (Lipinski definition) is 2. The van der Waals surface area contributed by atoms with Crippen molar-refractivity contribution in [1.29, 1.82) is 0 Å². The van der Waals surface area contributed by atoms with Gasteiger partial charge in [-0.1, -0.05) is 24.3 Å². The predicted molar refractivity (Wildman–Crippen MR) is 78.9 cm³/mol. The number of nitrogens with one attached hydrogen (secondary N) is 1. The number of benzene rings is 1. The Morgan fingerprint density at radius 2 is 1.95 bits per heavy atom. The lowest BCUT2D eigenvalue weighted by Crippen LogP contribution is -2.34. The molecular weight excluding hydrogens is 266 g/mol. The first-order valence-corrected chi connectivity index (χ1v) is 7.65. The Bertz CT molecular complexity index is 569. The zero-order valence-electron chi connectivity index (χ0n) is 12.2. The summed E-state index contributed by atoms with van der Waals surface area (Å²) in [6.45, 7) is 2.08. The third kappa shape index (κ3) is 2.94. The summed E-state index contributed by atoms with van der Waals surface area (Å²) in [6.07, 6.45) is 2.94. The van der Waals surface area contributed by atoms with Crippen LogP contribution in [-0.4, -0.2) is 23.0 Å². The SMILES string of the molecule is Cc1ccccc1C1CC1C(=O)NC1CCC(C(=O)O)C1. The van der Waals surface area contributed by atoms with E-state index in [1.807, 2.05) is 12.1 Å². The average molecular weight is 287 g/mol. The molecule has 0 spiro atoms. The summed E-state index contributed by atoms with van der Waals surface area (Å²) in [4.78, 5) is 23.2. The van der Waals surface area contributed by atoms with Crippen molar-refractivity contribution >= 4 is 11.9 Å². The van der Waals surface area contributed by atoms with E-state index in [9.17, 15) is 9.59 Å². The van der Waals surface area contributed by atoms with E-state index in [4.69, 9.17) is 5.11 Å². The molecule has 4 atom stereocenters. The highest BCUT2D eigenvalue weighted by molar-refractivity contribution is 5.83. The third-order valence-electron chi connectivity index (χ3n) is 4.84. The average Bonchev–Trinajstić information content (AvgIpc) is 3.11. The zero-order chi connectivity index (χ0) is 15.0. The summed E-state index contributed by atoms with van der Waals surface area (Å²) in [7, 11) is 0. The second-order valence-corrected chi connectivity index (χ2v) is 6.36. The molecule has 2 saturated carbocycles. The molecule has 0 aromatic heterocycles. The number of hydrogen-bond donors (Lipinski definition) is 2. The van der Waals surface area contributed by atoms with Gasteiger partial charge in [-0.15, -0.1) is 0 Å². The number of carbonyl (C=O) groups is 2. The monoisotopic (exact) mass is 287 g/mol. The molecule has 0 heterocycles. The van der Waals surface area contributed by atoms with E-state index in [0.29, 0.717) is 18.8 Å². The molecule has 1 amide bonds. The van der Waals surface area contributed by atoms with Crippen molar-refractivity contribution in [3.63, 3.8) is 0 Å². The van der Waals surface area contributed by atoms with E-state index in [0.717, 1.165) is 12.8 Å². The van der Waals surface area contributed by atoms with Gasteiger partial charge in [-0.05, 0) is 49.7 Å². The lowest BCUT2D eigenvalue weighted by molar-refractivity contribution is -0.141. The highest BCUT2D eigenvalue weighted by atomic mass is 16.4. The molecule has 0 bridgehead atoms. The van der Waals surface area contributed by atoms with E-state index in [1.54, 1.807) is 0 Å². The molecule has 112 valence electrons. The van der Waals surface area contributed by atoms with Gasteiger partial charge in [-0.3, -0.25) is 9.59 Å². The first-order valence-electron chi connectivity index (χ1n) is 7.65. The van der Waals surface area contributed by atoms with Crippen molar-refractivity contribution in [3.05, 3.63) is 35.4 Å². The van der Waals surface area contributed by atoms with Gasteiger partial charge in [0.2, 0.25) is 5.91 Å². The van der Waals surface area contributed by atoms with Gasteiger partial charge in [0.05, 0.1) is 5.92 Å². The molecule has 0 radical (unpaired) electrons. The molecule has 2 fully saturated rings. The van der Waals surface area contributed by atoms with E-state index >= 15 is 0 Å².